The number of amides is 1. The summed E-state index contributed by atoms with van der Waals surface area (Å²) in [4.78, 5) is 35.6. The molecule has 0 aliphatic heterocycles. The molecule has 142 valence electrons. The first-order valence-corrected chi connectivity index (χ1v) is 9.76. The Kier molecular flexibility index (Phi) is 5.65. The maximum Gasteiger partial charge on any atom is 0.278 e. The molecule has 1 amide bonds. The minimum atomic E-state index is -0.329. The molecule has 3 aromatic rings. The molecule has 0 spiro atoms. The summed E-state index contributed by atoms with van der Waals surface area (Å²) in [5.74, 6) is 0.358. The number of hydrogen-bond acceptors (Lipinski definition) is 5. The van der Waals surface area contributed by atoms with Crippen molar-refractivity contribution in [2.24, 2.45) is 7.05 Å². The Labute approximate surface area is 161 Å². The number of aryl methyl sites for hydroxylation is 1. The molecule has 0 fully saturated rings. The fraction of sp³-hybridized carbons (Fsp3) is 0.368. The average Bonchev–Trinajstić information content (AvgIpc) is 2.97. The van der Waals surface area contributed by atoms with Crippen LogP contribution in [0.25, 0.3) is 11.2 Å². The summed E-state index contributed by atoms with van der Waals surface area (Å²) in [6.45, 7) is 6.22. The smallest absolute Gasteiger partial charge is 0.278 e. The van der Waals surface area contributed by atoms with E-state index < -0.39 is 0 Å². The molecule has 0 saturated heterocycles. The molecule has 1 unspecified atom stereocenters. The van der Waals surface area contributed by atoms with Gasteiger partial charge in [0.15, 0.2) is 16.3 Å². The second-order valence-corrected chi connectivity index (χ2v) is 7.81. The van der Waals surface area contributed by atoms with E-state index in [1.165, 1.54) is 23.7 Å². The minimum absolute atomic E-state index is 0.0891. The summed E-state index contributed by atoms with van der Waals surface area (Å²) in [5, 5.41) is 3.22. The number of aromatic nitrogens is 4. The van der Waals surface area contributed by atoms with Crippen molar-refractivity contribution in [2.75, 3.05) is 5.32 Å². The number of anilines is 1. The van der Waals surface area contributed by atoms with E-state index in [0.717, 1.165) is 5.69 Å². The SMILES string of the molecule is CCC(Sc1nc2c(=O)[nH]cnc2n1C)C(=O)Nc1ccc(C(C)C)cc1. The molecular weight excluding hydrogens is 362 g/mol. The molecule has 7 nitrogen and oxygen atoms in total. The first-order chi connectivity index (χ1) is 12.9. The lowest BCUT2D eigenvalue weighted by Gasteiger charge is -2.15. The number of H-pyrrole nitrogens is 1. The number of rotatable bonds is 6. The van der Waals surface area contributed by atoms with Crippen LogP contribution in [0.2, 0.25) is 0 Å². The van der Waals surface area contributed by atoms with Gasteiger partial charge in [-0.25, -0.2) is 9.97 Å². The van der Waals surface area contributed by atoms with Gasteiger partial charge in [0.2, 0.25) is 5.91 Å². The van der Waals surface area contributed by atoms with Crippen LogP contribution in [0.5, 0.6) is 0 Å². The molecule has 0 saturated carbocycles. The zero-order valence-corrected chi connectivity index (χ0v) is 16.6. The van der Waals surface area contributed by atoms with E-state index >= 15 is 0 Å². The highest BCUT2D eigenvalue weighted by Gasteiger charge is 2.22. The molecule has 0 aliphatic carbocycles. The van der Waals surface area contributed by atoms with Crippen molar-refractivity contribution in [1.29, 1.82) is 0 Å². The van der Waals surface area contributed by atoms with Crippen molar-refractivity contribution in [1.82, 2.24) is 19.5 Å². The summed E-state index contributed by atoms with van der Waals surface area (Å²) in [6.07, 6.45) is 1.99. The lowest BCUT2D eigenvalue weighted by molar-refractivity contribution is -0.115. The Hall–Kier alpha value is -2.61. The Balaban J connectivity index is 1.77. The van der Waals surface area contributed by atoms with Crippen LogP contribution in [-0.4, -0.2) is 30.7 Å². The van der Waals surface area contributed by atoms with E-state index in [1.54, 1.807) is 11.6 Å². The van der Waals surface area contributed by atoms with Crippen LogP contribution in [0.4, 0.5) is 5.69 Å². The number of aromatic amines is 1. The molecule has 0 bridgehead atoms. The predicted molar refractivity (Wildman–Crippen MR) is 108 cm³/mol. The quantitative estimate of drug-likeness (QED) is 0.635. The number of carbonyl (C=O) groups excluding carboxylic acids is 1. The summed E-state index contributed by atoms with van der Waals surface area (Å²) in [7, 11) is 1.79. The van der Waals surface area contributed by atoms with Crippen molar-refractivity contribution in [3.05, 3.63) is 46.5 Å². The predicted octanol–water partition coefficient (Wildman–Crippen LogP) is 3.29. The third-order valence-corrected chi connectivity index (χ3v) is 5.79. The number of fused-ring (bicyclic) bond motifs is 1. The van der Waals surface area contributed by atoms with Gasteiger partial charge in [-0.1, -0.05) is 44.7 Å². The van der Waals surface area contributed by atoms with Gasteiger partial charge in [-0.15, -0.1) is 0 Å². The summed E-state index contributed by atoms with van der Waals surface area (Å²) < 4.78 is 1.74. The molecule has 27 heavy (non-hydrogen) atoms. The maximum atomic E-state index is 12.7. The zero-order valence-electron chi connectivity index (χ0n) is 15.8. The van der Waals surface area contributed by atoms with Gasteiger partial charge in [-0.05, 0) is 30.0 Å². The van der Waals surface area contributed by atoms with Gasteiger partial charge in [0.25, 0.3) is 5.56 Å². The van der Waals surface area contributed by atoms with Gasteiger partial charge in [-0.2, -0.15) is 0 Å². The second-order valence-electron chi connectivity index (χ2n) is 6.64. The largest absolute Gasteiger partial charge is 0.325 e. The van der Waals surface area contributed by atoms with E-state index in [1.807, 2.05) is 31.2 Å². The number of carbonyl (C=O) groups is 1. The fourth-order valence-corrected chi connectivity index (χ4v) is 3.70. The van der Waals surface area contributed by atoms with E-state index in [9.17, 15) is 9.59 Å². The Bertz CT molecular complexity index is 1010. The number of benzene rings is 1. The molecular formula is C19H23N5O2S. The van der Waals surface area contributed by atoms with E-state index in [2.05, 4.69) is 34.1 Å². The Morgan fingerprint density at radius 1 is 1.30 bits per heavy atom. The first-order valence-electron chi connectivity index (χ1n) is 8.88. The number of thioether (sulfide) groups is 1. The topological polar surface area (TPSA) is 92.7 Å². The van der Waals surface area contributed by atoms with E-state index in [0.29, 0.717) is 23.1 Å². The van der Waals surface area contributed by atoms with Gasteiger partial charge in [0.05, 0.1) is 11.6 Å². The number of imidazole rings is 1. The Morgan fingerprint density at radius 2 is 2.00 bits per heavy atom. The molecule has 0 radical (unpaired) electrons. The lowest BCUT2D eigenvalue weighted by atomic mass is 10.0. The third-order valence-electron chi connectivity index (χ3n) is 4.38. The number of nitrogens with zero attached hydrogens (tertiary/aromatic N) is 3. The second kappa shape index (κ2) is 7.96. The van der Waals surface area contributed by atoms with E-state index in [4.69, 9.17) is 0 Å². The highest BCUT2D eigenvalue weighted by atomic mass is 32.2. The van der Waals surface area contributed by atoms with Crippen LogP contribution < -0.4 is 10.9 Å². The lowest BCUT2D eigenvalue weighted by Crippen LogP contribution is -2.25. The van der Waals surface area contributed by atoms with Crippen molar-refractivity contribution in [2.45, 2.75) is 43.5 Å². The maximum absolute atomic E-state index is 12.7. The number of hydrogen-bond donors (Lipinski definition) is 2. The normalized spacial score (nSPS) is 12.5. The third kappa shape index (κ3) is 4.05. The standard InChI is InChI=1S/C19H23N5O2S/c1-5-14(17(25)22-13-8-6-12(7-9-13)11(2)3)27-19-23-15-16(24(19)4)20-10-21-18(15)26/h6-11,14H,5H2,1-4H3,(H,22,25)(H,20,21,26). The van der Waals surface area contributed by atoms with Gasteiger partial charge < -0.3 is 14.9 Å². The van der Waals surface area contributed by atoms with Crippen LogP contribution in [0.3, 0.4) is 0 Å². The number of nitrogens with one attached hydrogen (secondary N) is 2. The minimum Gasteiger partial charge on any atom is -0.325 e. The molecule has 2 heterocycles. The van der Waals surface area contributed by atoms with Crippen molar-refractivity contribution < 1.29 is 4.79 Å². The van der Waals surface area contributed by atoms with Crippen LogP contribution in [0, 0.1) is 0 Å². The fourth-order valence-electron chi connectivity index (χ4n) is 2.72. The summed E-state index contributed by atoms with van der Waals surface area (Å²) in [6, 6.07) is 7.89. The van der Waals surface area contributed by atoms with Crippen LogP contribution in [-0.2, 0) is 11.8 Å². The summed E-state index contributed by atoms with van der Waals surface area (Å²) >= 11 is 1.33. The monoisotopic (exact) mass is 385 g/mol. The summed E-state index contributed by atoms with van der Waals surface area (Å²) in [5.41, 5.74) is 2.49. The highest BCUT2D eigenvalue weighted by molar-refractivity contribution is 8.00. The van der Waals surface area contributed by atoms with E-state index in [-0.39, 0.29) is 22.2 Å². The zero-order chi connectivity index (χ0) is 19.6. The molecule has 1 aromatic carbocycles. The van der Waals surface area contributed by atoms with Gasteiger partial charge in [0.1, 0.15) is 0 Å². The van der Waals surface area contributed by atoms with Crippen molar-refractivity contribution in [3.8, 4) is 0 Å². The van der Waals surface area contributed by atoms with Gasteiger partial charge >= 0.3 is 0 Å². The van der Waals surface area contributed by atoms with Gasteiger partial charge in [-0.3, -0.25) is 9.59 Å². The van der Waals surface area contributed by atoms with Gasteiger partial charge in [0, 0.05) is 12.7 Å². The van der Waals surface area contributed by atoms with Crippen LogP contribution >= 0.6 is 11.8 Å². The first kappa shape index (κ1) is 19.2. The molecule has 2 aromatic heterocycles. The molecule has 0 aliphatic rings. The molecule has 3 rings (SSSR count). The van der Waals surface area contributed by atoms with Crippen LogP contribution in [0.1, 0.15) is 38.7 Å². The molecule has 8 heteroatoms. The highest BCUT2D eigenvalue weighted by Crippen LogP contribution is 2.27. The Morgan fingerprint density at radius 3 is 2.59 bits per heavy atom. The molecule has 1 atom stereocenters. The molecule has 2 N–H and O–H groups in total. The average molecular weight is 385 g/mol. The van der Waals surface area contributed by atoms with Crippen molar-refractivity contribution in [3.63, 3.8) is 0 Å². The van der Waals surface area contributed by atoms with Crippen molar-refractivity contribution >= 4 is 34.5 Å². The van der Waals surface area contributed by atoms with Crippen LogP contribution in [0.15, 0.2) is 40.5 Å².